The van der Waals surface area contributed by atoms with Crippen molar-refractivity contribution < 1.29 is 9.90 Å². The van der Waals surface area contributed by atoms with Crippen LogP contribution in [0.3, 0.4) is 0 Å². The van der Waals surface area contributed by atoms with Crippen molar-refractivity contribution in [2.24, 2.45) is 0 Å². The molecule has 0 saturated heterocycles. The van der Waals surface area contributed by atoms with E-state index in [1.807, 2.05) is 23.9 Å². The Kier molecular flexibility index (Phi) is 5.69. The van der Waals surface area contributed by atoms with Crippen LogP contribution in [0.1, 0.15) is 26.3 Å². The lowest BCUT2D eigenvalue weighted by Gasteiger charge is -2.19. The predicted molar refractivity (Wildman–Crippen MR) is 75.6 cm³/mol. The number of carbonyl (C=O) groups excluding carboxylic acids is 1. The van der Waals surface area contributed by atoms with Crippen molar-refractivity contribution in [3.05, 3.63) is 29.8 Å². The number of amides is 1. The average molecular weight is 267 g/mol. The van der Waals surface area contributed by atoms with Crippen LogP contribution in [0.25, 0.3) is 0 Å². The first-order chi connectivity index (χ1) is 8.40. The summed E-state index contributed by atoms with van der Waals surface area (Å²) in [7, 11) is 1.70. The fourth-order valence-electron chi connectivity index (χ4n) is 1.62. The molecule has 1 aromatic carbocycles. The van der Waals surface area contributed by atoms with Gasteiger partial charge < -0.3 is 10.0 Å². The number of aliphatic hydroxyl groups is 1. The van der Waals surface area contributed by atoms with Crippen LogP contribution in [0.2, 0.25) is 0 Å². The van der Waals surface area contributed by atoms with Gasteiger partial charge in [0, 0.05) is 23.7 Å². The zero-order valence-corrected chi connectivity index (χ0v) is 12.2. The molecule has 0 spiro atoms. The monoisotopic (exact) mass is 267 g/mol. The van der Waals surface area contributed by atoms with E-state index in [9.17, 15) is 9.90 Å². The zero-order chi connectivity index (χ0) is 13.7. The van der Waals surface area contributed by atoms with E-state index < -0.39 is 6.10 Å². The molecular weight excluding hydrogens is 246 g/mol. The third-order valence-electron chi connectivity index (χ3n) is 2.45. The Bertz CT molecular complexity index is 387. The Morgan fingerprint density at radius 1 is 1.28 bits per heavy atom. The maximum atomic E-state index is 11.5. The smallest absolute Gasteiger partial charge is 0.251 e. The fourth-order valence-corrected chi connectivity index (χ4v) is 2.45. The van der Waals surface area contributed by atoms with Crippen LogP contribution in [0.4, 0.5) is 0 Å². The molecule has 0 fully saturated rings. The molecule has 0 bridgehead atoms. The number of aliphatic hydroxyl groups excluding tert-OH is 1. The van der Waals surface area contributed by atoms with Crippen molar-refractivity contribution >= 4 is 17.7 Å². The van der Waals surface area contributed by atoms with Gasteiger partial charge >= 0.3 is 0 Å². The summed E-state index contributed by atoms with van der Waals surface area (Å²) in [6.07, 6.45) is -0.939. The van der Waals surface area contributed by atoms with Gasteiger partial charge in [0.25, 0.3) is 5.91 Å². The standard InChI is InChI=1S/C14H21NO2S/c1-10(2)18-13-7-5-12(6-8-13)9-15(4)14(17)11(3)16/h5-8,10-11,16H,9H2,1-4H3. The van der Waals surface area contributed by atoms with Crippen LogP contribution in [0.5, 0.6) is 0 Å². The van der Waals surface area contributed by atoms with Crippen LogP contribution >= 0.6 is 11.8 Å². The van der Waals surface area contributed by atoms with Crippen LogP contribution in [-0.4, -0.2) is 34.3 Å². The minimum atomic E-state index is -0.939. The first-order valence-electron chi connectivity index (χ1n) is 6.08. The van der Waals surface area contributed by atoms with E-state index in [0.717, 1.165) is 5.56 Å². The van der Waals surface area contributed by atoms with Crippen LogP contribution < -0.4 is 0 Å². The lowest BCUT2D eigenvalue weighted by atomic mass is 10.2. The van der Waals surface area contributed by atoms with Gasteiger partial charge in [0.2, 0.25) is 0 Å². The van der Waals surface area contributed by atoms with E-state index in [1.54, 1.807) is 7.05 Å². The summed E-state index contributed by atoms with van der Waals surface area (Å²) in [4.78, 5) is 14.3. The molecule has 1 N–H and O–H groups in total. The highest BCUT2D eigenvalue weighted by Gasteiger charge is 2.14. The topological polar surface area (TPSA) is 40.5 Å². The van der Waals surface area contributed by atoms with Gasteiger partial charge in [-0.1, -0.05) is 26.0 Å². The van der Waals surface area contributed by atoms with Gasteiger partial charge in [-0.05, 0) is 24.6 Å². The van der Waals surface area contributed by atoms with Crippen LogP contribution in [-0.2, 0) is 11.3 Å². The summed E-state index contributed by atoms with van der Waals surface area (Å²) in [6, 6.07) is 8.19. The largest absolute Gasteiger partial charge is 0.384 e. The number of carbonyl (C=O) groups is 1. The fraction of sp³-hybridized carbons (Fsp3) is 0.500. The Morgan fingerprint density at radius 3 is 2.28 bits per heavy atom. The van der Waals surface area contributed by atoms with Gasteiger partial charge in [0.1, 0.15) is 6.10 Å². The molecule has 1 aromatic rings. The molecule has 1 amide bonds. The molecule has 0 aliphatic carbocycles. The van der Waals surface area contributed by atoms with E-state index >= 15 is 0 Å². The predicted octanol–water partition coefficient (Wildman–Crippen LogP) is 2.53. The summed E-state index contributed by atoms with van der Waals surface area (Å²) in [6.45, 7) is 6.33. The Balaban J connectivity index is 2.61. The number of thioether (sulfide) groups is 1. The summed E-state index contributed by atoms with van der Waals surface area (Å²) in [5.41, 5.74) is 1.07. The molecule has 0 radical (unpaired) electrons. The normalized spacial score (nSPS) is 12.6. The second-order valence-electron chi connectivity index (χ2n) is 4.68. The van der Waals surface area contributed by atoms with E-state index in [2.05, 4.69) is 26.0 Å². The third kappa shape index (κ3) is 4.70. The van der Waals surface area contributed by atoms with Gasteiger partial charge in [0.15, 0.2) is 0 Å². The number of hydrogen-bond donors (Lipinski definition) is 1. The number of hydrogen-bond acceptors (Lipinski definition) is 3. The van der Waals surface area contributed by atoms with Gasteiger partial charge in [-0.3, -0.25) is 4.79 Å². The van der Waals surface area contributed by atoms with Crippen LogP contribution in [0, 0.1) is 0 Å². The summed E-state index contributed by atoms with van der Waals surface area (Å²) >= 11 is 1.82. The molecule has 0 aliphatic rings. The number of nitrogens with zero attached hydrogens (tertiary/aromatic N) is 1. The minimum absolute atomic E-state index is 0.254. The lowest BCUT2D eigenvalue weighted by molar-refractivity contribution is -0.138. The number of likely N-dealkylation sites (N-methyl/N-ethyl adjacent to an activating group) is 1. The third-order valence-corrected chi connectivity index (χ3v) is 3.46. The summed E-state index contributed by atoms with van der Waals surface area (Å²) in [5, 5.41) is 9.78. The number of benzene rings is 1. The molecule has 3 nitrogen and oxygen atoms in total. The molecule has 100 valence electrons. The first kappa shape index (κ1) is 15.1. The number of rotatable bonds is 5. The molecule has 18 heavy (non-hydrogen) atoms. The molecule has 4 heteroatoms. The minimum Gasteiger partial charge on any atom is -0.384 e. The van der Waals surface area contributed by atoms with E-state index in [0.29, 0.717) is 11.8 Å². The molecule has 0 aromatic heterocycles. The summed E-state index contributed by atoms with van der Waals surface area (Å²) in [5.74, 6) is -0.254. The Morgan fingerprint density at radius 2 is 1.83 bits per heavy atom. The molecule has 1 unspecified atom stereocenters. The molecule has 1 rings (SSSR count). The van der Waals surface area contributed by atoms with Gasteiger partial charge in [-0.25, -0.2) is 0 Å². The van der Waals surface area contributed by atoms with Crippen molar-refractivity contribution in [2.75, 3.05) is 7.05 Å². The highest BCUT2D eigenvalue weighted by molar-refractivity contribution is 7.99. The highest BCUT2D eigenvalue weighted by atomic mass is 32.2. The van der Waals surface area contributed by atoms with E-state index in [1.165, 1.54) is 16.7 Å². The van der Waals surface area contributed by atoms with Crippen molar-refractivity contribution in [1.29, 1.82) is 0 Å². The zero-order valence-electron chi connectivity index (χ0n) is 11.4. The van der Waals surface area contributed by atoms with Crippen molar-refractivity contribution in [3.63, 3.8) is 0 Å². The SMILES string of the molecule is CC(C)Sc1ccc(CN(C)C(=O)C(C)O)cc1. The van der Waals surface area contributed by atoms with Gasteiger partial charge in [-0.2, -0.15) is 0 Å². The van der Waals surface area contributed by atoms with Gasteiger partial charge in [0.05, 0.1) is 0 Å². The average Bonchev–Trinajstić information content (AvgIpc) is 2.29. The van der Waals surface area contributed by atoms with E-state index in [4.69, 9.17) is 0 Å². The molecule has 0 aliphatic heterocycles. The molecule has 0 heterocycles. The Hall–Kier alpha value is -1.00. The van der Waals surface area contributed by atoms with Crippen LogP contribution in [0.15, 0.2) is 29.2 Å². The maximum Gasteiger partial charge on any atom is 0.251 e. The Labute approximate surface area is 113 Å². The lowest BCUT2D eigenvalue weighted by Crippen LogP contribution is -2.34. The molecular formula is C14H21NO2S. The van der Waals surface area contributed by atoms with Crippen molar-refractivity contribution in [3.8, 4) is 0 Å². The first-order valence-corrected chi connectivity index (χ1v) is 6.96. The highest BCUT2D eigenvalue weighted by Crippen LogP contribution is 2.23. The molecule has 1 atom stereocenters. The summed E-state index contributed by atoms with van der Waals surface area (Å²) < 4.78 is 0. The second kappa shape index (κ2) is 6.81. The quantitative estimate of drug-likeness (QED) is 0.833. The van der Waals surface area contributed by atoms with Gasteiger partial charge in [-0.15, -0.1) is 11.8 Å². The van der Waals surface area contributed by atoms with E-state index in [-0.39, 0.29) is 5.91 Å². The molecule has 0 saturated carbocycles. The maximum absolute atomic E-state index is 11.5. The van der Waals surface area contributed by atoms with Crippen molar-refractivity contribution in [1.82, 2.24) is 4.90 Å². The van der Waals surface area contributed by atoms with Crippen molar-refractivity contribution in [2.45, 2.75) is 43.6 Å². The second-order valence-corrected chi connectivity index (χ2v) is 6.33.